The van der Waals surface area contributed by atoms with E-state index in [4.69, 9.17) is 18.9 Å². The summed E-state index contributed by atoms with van der Waals surface area (Å²) in [5, 5.41) is 11.7. The lowest BCUT2D eigenvalue weighted by molar-refractivity contribution is -0.870. The van der Waals surface area contributed by atoms with E-state index in [0.717, 1.165) is 38.5 Å². The summed E-state index contributed by atoms with van der Waals surface area (Å²) in [7, 11) is 5.92. The Morgan fingerprint density at radius 1 is 0.420 bits per heavy atom. The Hall–Kier alpha value is -1.97. The average molecular weight is 979 g/mol. The van der Waals surface area contributed by atoms with Gasteiger partial charge in [-0.2, -0.15) is 0 Å². The predicted molar refractivity (Wildman–Crippen MR) is 288 cm³/mol. The highest BCUT2D eigenvalue weighted by atomic mass is 16.7. The molecular formula is C60H115NO8. The second-order valence-electron chi connectivity index (χ2n) is 21.6. The van der Waals surface area contributed by atoms with Crippen LogP contribution in [0.5, 0.6) is 0 Å². The molecule has 0 aliphatic rings. The van der Waals surface area contributed by atoms with Gasteiger partial charge in [-0.15, -0.1) is 0 Å². The van der Waals surface area contributed by atoms with Crippen LogP contribution >= 0.6 is 0 Å². The quantitative estimate of drug-likeness (QED) is 0.0195. The van der Waals surface area contributed by atoms with Gasteiger partial charge in [0.2, 0.25) is 0 Å². The van der Waals surface area contributed by atoms with Crippen molar-refractivity contribution in [3.05, 3.63) is 12.2 Å². The molecule has 0 aliphatic carbocycles. The molecule has 408 valence electrons. The second-order valence-corrected chi connectivity index (χ2v) is 21.6. The van der Waals surface area contributed by atoms with Crippen LogP contribution in [-0.2, 0) is 33.3 Å². The van der Waals surface area contributed by atoms with Crippen molar-refractivity contribution in [3.63, 3.8) is 0 Å². The first-order valence-corrected chi connectivity index (χ1v) is 29.8. The fraction of sp³-hybridized carbons (Fsp3) is 0.917. The van der Waals surface area contributed by atoms with Gasteiger partial charge in [0, 0.05) is 12.8 Å². The lowest BCUT2D eigenvalue weighted by Gasteiger charge is -2.26. The zero-order valence-electron chi connectivity index (χ0n) is 46.5. The van der Waals surface area contributed by atoms with Crippen LogP contribution in [0.2, 0.25) is 0 Å². The van der Waals surface area contributed by atoms with Crippen molar-refractivity contribution in [2.24, 2.45) is 0 Å². The molecule has 0 N–H and O–H groups in total. The van der Waals surface area contributed by atoms with Gasteiger partial charge in [0.1, 0.15) is 13.2 Å². The van der Waals surface area contributed by atoms with Crippen LogP contribution in [0.3, 0.4) is 0 Å². The first-order valence-electron chi connectivity index (χ1n) is 29.8. The third-order valence-electron chi connectivity index (χ3n) is 13.5. The Balaban J connectivity index is 3.90. The molecule has 2 unspecified atom stereocenters. The molecule has 0 fully saturated rings. The summed E-state index contributed by atoms with van der Waals surface area (Å²) in [6, 6.07) is 0. The number of nitrogens with zero attached hydrogens (tertiary/aromatic N) is 1. The summed E-state index contributed by atoms with van der Waals surface area (Å²) in [5.74, 6) is -2.26. The van der Waals surface area contributed by atoms with Crippen molar-refractivity contribution < 1.29 is 42.9 Å². The number of carboxylic acids is 1. The first-order chi connectivity index (χ1) is 33.6. The van der Waals surface area contributed by atoms with E-state index in [-0.39, 0.29) is 32.2 Å². The van der Waals surface area contributed by atoms with Crippen molar-refractivity contribution >= 4 is 17.9 Å². The lowest BCUT2D eigenvalue weighted by Crippen LogP contribution is -2.44. The molecule has 0 rings (SSSR count). The second kappa shape index (κ2) is 52.4. The van der Waals surface area contributed by atoms with Crippen molar-refractivity contribution in [2.45, 2.75) is 309 Å². The molecule has 0 amide bonds. The van der Waals surface area contributed by atoms with Crippen LogP contribution in [0.4, 0.5) is 0 Å². The number of unbranched alkanes of at least 4 members (excludes halogenated alkanes) is 39. The van der Waals surface area contributed by atoms with Gasteiger partial charge >= 0.3 is 11.9 Å². The molecule has 0 aliphatic heterocycles. The van der Waals surface area contributed by atoms with E-state index in [1.807, 2.05) is 21.1 Å². The monoisotopic (exact) mass is 978 g/mol. The number of esters is 2. The Morgan fingerprint density at radius 3 is 1.07 bits per heavy atom. The van der Waals surface area contributed by atoms with Gasteiger partial charge in [0.15, 0.2) is 12.4 Å². The minimum atomic E-state index is -1.61. The number of quaternary nitrogens is 1. The Labute approximate surface area is 427 Å². The molecule has 9 heteroatoms. The molecule has 9 nitrogen and oxygen atoms in total. The number of hydrogen-bond acceptors (Lipinski definition) is 8. The van der Waals surface area contributed by atoms with Gasteiger partial charge in [-0.05, 0) is 38.5 Å². The maximum absolute atomic E-state index is 12.8. The fourth-order valence-corrected chi connectivity index (χ4v) is 8.89. The molecule has 0 aromatic rings. The van der Waals surface area contributed by atoms with E-state index in [1.165, 1.54) is 231 Å². The summed E-state index contributed by atoms with van der Waals surface area (Å²) < 4.78 is 22.6. The highest BCUT2D eigenvalue weighted by molar-refractivity contribution is 5.70. The first kappa shape index (κ1) is 67.0. The molecule has 0 radical (unpaired) electrons. The summed E-state index contributed by atoms with van der Waals surface area (Å²) in [5.41, 5.74) is 0. The van der Waals surface area contributed by atoms with E-state index < -0.39 is 24.3 Å². The maximum Gasteiger partial charge on any atom is 0.306 e. The molecule has 0 aromatic heterocycles. The topological polar surface area (TPSA) is 111 Å². The molecule has 0 saturated carbocycles. The van der Waals surface area contributed by atoms with Crippen LogP contribution in [0.25, 0.3) is 0 Å². The SMILES string of the molecule is CCCCCCCCCC/C=C\CCCCCCCCCCCCCCCCCCCCCCCCCC(=O)OC(COC(=O)CCCCCCCCCCC)COC(OCC[N+](C)(C)C)C(=O)[O-]. The van der Waals surface area contributed by atoms with Gasteiger partial charge in [0.25, 0.3) is 0 Å². The van der Waals surface area contributed by atoms with Gasteiger partial charge in [-0.1, -0.05) is 257 Å². The van der Waals surface area contributed by atoms with E-state index in [0.29, 0.717) is 17.4 Å². The molecule has 0 aromatic carbocycles. The van der Waals surface area contributed by atoms with E-state index in [1.54, 1.807) is 0 Å². The fourth-order valence-electron chi connectivity index (χ4n) is 8.89. The largest absolute Gasteiger partial charge is 0.545 e. The summed E-state index contributed by atoms with van der Waals surface area (Å²) >= 11 is 0. The van der Waals surface area contributed by atoms with Crippen molar-refractivity contribution in [3.8, 4) is 0 Å². The Kier molecular flexibility index (Phi) is 50.9. The Bertz CT molecular complexity index is 1140. The van der Waals surface area contributed by atoms with Crippen LogP contribution in [-0.4, -0.2) is 82.3 Å². The van der Waals surface area contributed by atoms with Gasteiger partial charge in [0.05, 0.1) is 40.3 Å². The third kappa shape index (κ3) is 53.7. The maximum atomic E-state index is 12.8. The van der Waals surface area contributed by atoms with Crippen LogP contribution in [0.1, 0.15) is 296 Å². The molecule has 69 heavy (non-hydrogen) atoms. The summed E-state index contributed by atoms with van der Waals surface area (Å²) in [6.07, 6.45) is 57.4. The average Bonchev–Trinajstić information content (AvgIpc) is 3.31. The van der Waals surface area contributed by atoms with Gasteiger partial charge in [-0.25, -0.2) is 0 Å². The smallest absolute Gasteiger partial charge is 0.306 e. The number of rotatable bonds is 56. The van der Waals surface area contributed by atoms with Crippen LogP contribution < -0.4 is 5.11 Å². The number of aliphatic carboxylic acids is 1. The summed E-state index contributed by atoms with van der Waals surface area (Å²) in [4.78, 5) is 37.0. The number of ether oxygens (including phenoxy) is 4. The number of hydrogen-bond donors (Lipinski definition) is 0. The zero-order chi connectivity index (χ0) is 50.6. The molecule has 0 saturated heterocycles. The predicted octanol–water partition coefficient (Wildman–Crippen LogP) is 16.0. The van der Waals surface area contributed by atoms with E-state index >= 15 is 0 Å². The number of carbonyl (C=O) groups excluding carboxylic acids is 3. The minimum absolute atomic E-state index is 0.152. The number of likely N-dealkylation sites (N-methyl/N-ethyl adjacent to an activating group) is 1. The molecule has 2 atom stereocenters. The van der Waals surface area contributed by atoms with Crippen molar-refractivity contribution in [2.75, 3.05) is 47.5 Å². The zero-order valence-corrected chi connectivity index (χ0v) is 46.5. The number of carboxylic acid groups (broad SMARTS) is 1. The lowest BCUT2D eigenvalue weighted by atomic mass is 10.0. The highest BCUT2D eigenvalue weighted by Gasteiger charge is 2.22. The summed E-state index contributed by atoms with van der Waals surface area (Å²) in [6.45, 7) is 4.76. The van der Waals surface area contributed by atoms with Crippen molar-refractivity contribution in [1.82, 2.24) is 0 Å². The molecule has 0 spiro atoms. The highest BCUT2D eigenvalue weighted by Crippen LogP contribution is 2.18. The number of allylic oxidation sites excluding steroid dienone is 2. The molecular weight excluding hydrogens is 863 g/mol. The van der Waals surface area contributed by atoms with Crippen LogP contribution in [0.15, 0.2) is 12.2 Å². The van der Waals surface area contributed by atoms with E-state index in [9.17, 15) is 19.5 Å². The van der Waals surface area contributed by atoms with Gasteiger partial charge in [-0.3, -0.25) is 9.59 Å². The number of carbonyl (C=O) groups is 3. The minimum Gasteiger partial charge on any atom is -0.545 e. The molecule has 0 bridgehead atoms. The normalized spacial score (nSPS) is 12.8. The van der Waals surface area contributed by atoms with E-state index in [2.05, 4.69) is 26.0 Å². The van der Waals surface area contributed by atoms with Gasteiger partial charge < -0.3 is 33.3 Å². The Morgan fingerprint density at radius 2 is 0.739 bits per heavy atom. The standard InChI is InChI=1S/C60H115NO8/c1-6-8-10-12-14-16-17-18-19-20-21-22-23-24-25-26-27-28-29-30-31-32-33-34-35-36-37-38-39-40-41-43-45-47-49-51-58(63)69-56(55-68-60(59(64)65)66-53-52-61(3,4)5)54-67-57(62)50-48-46-44-42-15-13-11-9-7-2/h20-21,56,60H,6-19,22-55H2,1-5H3/b21-20-. The third-order valence-corrected chi connectivity index (χ3v) is 13.5. The van der Waals surface area contributed by atoms with Crippen LogP contribution in [0, 0.1) is 0 Å². The van der Waals surface area contributed by atoms with Crippen molar-refractivity contribution in [1.29, 1.82) is 0 Å². The molecule has 0 heterocycles.